The molecule has 1 heterocycles. The van der Waals surface area contributed by atoms with E-state index in [1.807, 2.05) is 0 Å². The van der Waals surface area contributed by atoms with Crippen molar-refractivity contribution in [2.75, 3.05) is 17.3 Å². The zero-order chi connectivity index (χ0) is 12.3. The smallest absolute Gasteiger partial charge is 0.271 e. The fourth-order valence-electron chi connectivity index (χ4n) is 2.34. The highest BCUT2D eigenvalue weighted by Gasteiger charge is 2.25. The first-order valence-electron chi connectivity index (χ1n) is 5.80. The minimum absolute atomic E-state index is 0.157. The maximum atomic E-state index is 11.5. The maximum Gasteiger partial charge on any atom is 0.271 e. The van der Waals surface area contributed by atoms with Crippen LogP contribution in [0.2, 0.25) is 5.02 Å². The van der Waals surface area contributed by atoms with E-state index in [2.05, 4.69) is 14.9 Å². The lowest BCUT2D eigenvalue weighted by molar-refractivity contribution is 0.613. The van der Waals surface area contributed by atoms with E-state index >= 15 is 0 Å². The van der Waals surface area contributed by atoms with Gasteiger partial charge in [0.25, 0.3) is 5.56 Å². The number of alkyl halides is 1. The van der Waals surface area contributed by atoms with Gasteiger partial charge >= 0.3 is 0 Å². The lowest BCUT2D eigenvalue weighted by Crippen LogP contribution is -2.36. The molecule has 0 spiro atoms. The van der Waals surface area contributed by atoms with E-state index < -0.39 is 0 Å². The summed E-state index contributed by atoms with van der Waals surface area (Å²) in [5.74, 6) is 1.06. The average molecular weight is 276 g/mol. The molecule has 1 N–H and O–H groups in total. The molecule has 2 rings (SSSR count). The predicted molar refractivity (Wildman–Crippen MR) is 70.2 cm³/mol. The molecule has 1 aromatic heterocycles. The molecule has 0 aliphatic heterocycles. The summed E-state index contributed by atoms with van der Waals surface area (Å²) < 4.78 is 0. The summed E-state index contributed by atoms with van der Waals surface area (Å²) in [6, 6.07) is 0.403. The second kappa shape index (κ2) is 5.74. The zero-order valence-corrected chi connectivity index (χ0v) is 11.0. The molecule has 0 unspecified atom stereocenters. The third-order valence-corrected chi connectivity index (χ3v) is 3.65. The van der Waals surface area contributed by atoms with E-state index in [0.29, 0.717) is 24.3 Å². The quantitative estimate of drug-likeness (QED) is 0.859. The van der Waals surface area contributed by atoms with Crippen LogP contribution in [-0.2, 0) is 0 Å². The Hall–Kier alpha value is -0.740. The Kier molecular flexibility index (Phi) is 4.29. The molecule has 4 nitrogen and oxygen atoms in total. The molecular formula is C11H15Cl2N3O. The predicted octanol–water partition coefficient (Wildman–Crippen LogP) is 2.41. The van der Waals surface area contributed by atoms with Gasteiger partial charge in [0.2, 0.25) is 0 Å². The second-order valence-electron chi connectivity index (χ2n) is 4.19. The summed E-state index contributed by atoms with van der Waals surface area (Å²) in [6.07, 6.45) is 6.04. The molecule has 0 saturated heterocycles. The summed E-state index contributed by atoms with van der Waals surface area (Å²) in [4.78, 5) is 20.2. The molecule has 6 heteroatoms. The number of halogens is 2. The highest BCUT2D eigenvalue weighted by Crippen LogP contribution is 2.29. The molecule has 0 amide bonds. The summed E-state index contributed by atoms with van der Waals surface area (Å²) >= 11 is 11.8. The molecule has 0 bridgehead atoms. The summed E-state index contributed by atoms with van der Waals surface area (Å²) in [7, 11) is 0. The van der Waals surface area contributed by atoms with Crippen LogP contribution in [0.3, 0.4) is 0 Å². The average Bonchev–Trinajstić information content (AvgIpc) is 2.84. The molecular weight excluding hydrogens is 261 g/mol. The van der Waals surface area contributed by atoms with Crippen molar-refractivity contribution >= 4 is 29.0 Å². The first kappa shape index (κ1) is 12.7. The Morgan fingerprint density at radius 2 is 2.18 bits per heavy atom. The van der Waals surface area contributed by atoms with Crippen molar-refractivity contribution in [1.82, 2.24) is 9.97 Å². The second-order valence-corrected chi connectivity index (χ2v) is 4.95. The number of anilines is 1. The fourth-order valence-corrected chi connectivity index (χ4v) is 2.74. The molecule has 1 aliphatic carbocycles. The first-order chi connectivity index (χ1) is 8.24. The summed E-state index contributed by atoms with van der Waals surface area (Å²) in [5.41, 5.74) is -0.297. The van der Waals surface area contributed by atoms with Gasteiger partial charge in [-0.05, 0) is 12.8 Å². The van der Waals surface area contributed by atoms with Gasteiger partial charge in [-0.1, -0.05) is 24.4 Å². The van der Waals surface area contributed by atoms with Gasteiger partial charge in [-0.15, -0.1) is 11.6 Å². The number of H-pyrrole nitrogens is 1. The van der Waals surface area contributed by atoms with E-state index in [0.717, 1.165) is 12.8 Å². The van der Waals surface area contributed by atoms with Crippen LogP contribution in [-0.4, -0.2) is 28.4 Å². The van der Waals surface area contributed by atoms with Gasteiger partial charge in [0.15, 0.2) is 5.82 Å². The van der Waals surface area contributed by atoms with Crippen LogP contribution in [0.5, 0.6) is 0 Å². The standard InChI is InChI=1S/C11H15Cl2N3O/c12-5-6-16(8-3-1-2-4-8)10-9(13)11(17)15-7-14-10/h7-8H,1-6H2,(H,14,15,17). The molecule has 0 radical (unpaired) electrons. The van der Waals surface area contributed by atoms with Crippen molar-refractivity contribution in [2.45, 2.75) is 31.7 Å². The number of rotatable bonds is 4. The van der Waals surface area contributed by atoms with Gasteiger partial charge in [0, 0.05) is 18.5 Å². The van der Waals surface area contributed by atoms with E-state index in [1.54, 1.807) is 0 Å². The SMILES string of the molecule is O=c1[nH]cnc(N(CCCl)C2CCCC2)c1Cl. The molecule has 0 atom stereocenters. The molecule has 17 heavy (non-hydrogen) atoms. The lowest BCUT2D eigenvalue weighted by atomic mass is 10.2. The molecule has 1 fully saturated rings. The van der Waals surface area contributed by atoms with E-state index in [1.165, 1.54) is 19.2 Å². The molecule has 0 aromatic carbocycles. The van der Waals surface area contributed by atoms with E-state index in [-0.39, 0.29) is 10.6 Å². The normalized spacial score (nSPS) is 16.4. The monoisotopic (exact) mass is 275 g/mol. The van der Waals surface area contributed by atoms with Gasteiger partial charge in [0.05, 0.1) is 6.33 Å². The topological polar surface area (TPSA) is 49.0 Å². The van der Waals surface area contributed by atoms with Gasteiger partial charge in [-0.3, -0.25) is 4.79 Å². The minimum atomic E-state index is -0.297. The number of aromatic amines is 1. The largest absolute Gasteiger partial charge is 0.351 e. The molecule has 94 valence electrons. The van der Waals surface area contributed by atoms with Crippen LogP contribution in [0, 0.1) is 0 Å². The van der Waals surface area contributed by atoms with Crippen molar-refractivity contribution in [2.24, 2.45) is 0 Å². The van der Waals surface area contributed by atoms with Gasteiger partial charge in [-0.25, -0.2) is 4.98 Å². The molecule has 1 saturated carbocycles. The van der Waals surface area contributed by atoms with Crippen LogP contribution in [0.15, 0.2) is 11.1 Å². The van der Waals surface area contributed by atoms with Crippen LogP contribution < -0.4 is 10.5 Å². The highest BCUT2D eigenvalue weighted by atomic mass is 35.5. The highest BCUT2D eigenvalue weighted by molar-refractivity contribution is 6.32. The third-order valence-electron chi connectivity index (χ3n) is 3.14. The summed E-state index contributed by atoms with van der Waals surface area (Å²) in [6.45, 7) is 0.669. The zero-order valence-electron chi connectivity index (χ0n) is 9.46. The molecule has 1 aliphatic rings. The third kappa shape index (κ3) is 2.75. The van der Waals surface area contributed by atoms with Crippen LogP contribution in [0.25, 0.3) is 0 Å². The fraction of sp³-hybridized carbons (Fsp3) is 0.636. The first-order valence-corrected chi connectivity index (χ1v) is 6.71. The Morgan fingerprint density at radius 1 is 1.47 bits per heavy atom. The summed E-state index contributed by atoms with van der Waals surface area (Å²) in [5, 5.41) is 0.157. The van der Waals surface area contributed by atoms with Crippen molar-refractivity contribution in [3.8, 4) is 0 Å². The van der Waals surface area contributed by atoms with Gasteiger partial charge in [-0.2, -0.15) is 0 Å². The van der Waals surface area contributed by atoms with Gasteiger partial charge in [0.1, 0.15) is 5.02 Å². The number of nitrogens with zero attached hydrogens (tertiary/aromatic N) is 2. The van der Waals surface area contributed by atoms with E-state index in [4.69, 9.17) is 23.2 Å². The maximum absolute atomic E-state index is 11.5. The van der Waals surface area contributed by atoms with Gasteiger partial charge < -0.3 is 9.88 Å². The van der Waals surface area contributed by atoms with E-state index in [9.17, 15) is 4.79 Å². The lowest BCUT2D eigenvalue weighted by Gasteiger charge is -2.29. The van der Waals surface area contributed by atoms with Crippen LogP contribution in [0.4, 0.5) is 5.82 Å². The Labute approximate surface area is 110 Å². The Balaban J connectivity index is 2.31. The number of hydrogen-bond acceptors (Lipinski definition) is 3. The van der Waals surface area contributed by atoms with Crippen molar-refractivity contribution in [3.63, 3.8) is 0 Å². The molecule has 1 aromatic rings. The Bertz CT molecular complexity index is 429. The van der Waals surface area contributed by atoms with Crippen LogP contribution in [0.1, 0.15) is 25.7 Å². The Morgan fingerprint density at radius 3 is 2.82 bits per heavy atom. The van der Waals surface area contributed by atoms with Crippen LogP contribution >= 0.6 is 23.2 Å². The van der Waals surface area contributed by atoms with Crippen molar-refractivity contribution in [3.05, 3.63) is 21.7 Å². The van der Waals surface area contributed by atoms with Crippen molar-refractivity contribution < 1.29 is 0 Å². The minimum Gasteiger partial charge on any atom is -0.351 e. The number of nitrogens with one attached hydrogen (secondary N) is 1. The van der Waals surface area contributed by atoms with Crippen molar-refractivity contribution in [1.29, 1.82) is 0 Å². The number of hydrogen-bond donors (Lipinski definition) is 1. The number of aromatic nitrogens is 2.